The number of hydrogen-bond acceptors (Lipinski definition) is 5. The highest BCUT2D eigenvalue weighted by molar-refractivity contribution is 5.48. The van der Waals surface area contributed by atoms with Crippen molar-refractivity contribution in [1.29, 1.82) is 0 Å². The number of nitrogens with one attached hydrogen (secondary N) is 1. The van der Waals surface area contributed by atoms with Gasteiger partial charge >= 0.3 is 5.69 Å². The second-order valence-electron chi connectivity index (χ2n) is 5.51. The van der Waals surface area contributed by atoms with Crippen molar-refractivity contribution in [1.82, 2.24) is 5.32 Å². The van der Waals surface area contributed by atoms with E-state index in [0.29, 0.717) is 13.1 Å². The molecule has 0 radical (unpaired) electrons. The van der Waals surface area contributed by atoms with E-state index in [-0.39, 0.29) is 11.4 Å². The van der Waals surface area contributed by atoms with Gasteiger partial charge in [0.1, 0.15) is 0 Å². The molecule has 6 heteroatoms. The maximum Gasteiger partial charge on any atom is 0.311 e. The highest BCUT2D eigenvalue weighted by Gasteiger charge is 2.22. The summed E-state index contributed by atoms with van der Waals surface area (Å²) in [5.74, 6) is 0.232. The third-order valence-corrected chi connectivity index (χ3v) is 3.63. The van der Waals surface area contributed by atoms with E-state index in [1.165, 1.54) is 13.2 Å². The molecule has 1 atom stereocenters. The number of nitro benzene ring substituents is 1. The van der Waals surface area contributed by atoms with Gasteiger partial charge in [0.15, 0.2) is 5.75 Å². The van der Waals surface area contributed by atoms with Crippen molar-refractivity contribution in [2.75, 3.05) is 13.7 Å². The highest BCUT2D eigenvalue weighted by Crippen LogP contribution is 2.27. The average molecular weight is 316 g/mol. The number of nitrogens with zero attached hydrogens (tertiary/aromatic N) is 1. The van der Waals surface area contributed by atoms with Crippen molar-refractivity contribution in [3.05, 3.63) is 69.8 Å². The maximum atomic E-state index is 11.0. The molecule has 0 aliphatic heterocycles. The van der Waals surface area contributed by atoms with Gasteiger partial charge in [0.05, 0.1) is 17.6 Å². The van der Waals surface area contributed by atoms with E-state index in [1.807, 2.05) is 30.3 Å². The molecule has 2 rings (SSSR count). The first-order valence-corrected chi connectivity index (χ1v) is 7.24. The highest BCUT2D eigenvalue weighted by atomic mass is 16.6. The number of nitro groups is 1. The smallest absolute Gasteiger partial charge is 0.311 e. The Morgan fingerprint density at radius 3 is 2.57 bits per heavy atom. The summed E-state index contributed by atoms with van der Waals surface area (Å²) < 4.78 is 4.98. The predicted molar refractivity (Wildman–Crippen MR) is 87.4 cm³/mol. The largest absolute Gasteiger partial charge is 0.490 e. The van der Waals surface area contributed by atoms with Crippen LogP contribution in [0.25, 0.3) is 0 Å². The van der Waals surface area contributed by atoms with Crippen molar-refractivity contribution in [2.24, 2.45) is 0 Å². The van der Waals surface area contributed by atoms with Crippen molar-refractivity contribution < 1.29 is 14.8 Å². The summed E-state index contributed by atoms with van der Waals surface area (Å²) in [7, 11) is 1.40. The molecule has 0 bridgehead atoms. The van der Waals surface area contributed by atoms with Crippen LogP contribution in [-0.4, -0.2) is 23.7 Å². The molecule has 0 spiro atoms. The molecule has 1 unspecified atom stereocenters. The Kier molecular flexibility index (Phi) is 5.31. The Labute approximate surface area is 134 Å². The van der Waals surface area contributed by atoms with Crippen molar-refractivity contribution in [3.63, 3.8) is 0 Å². The first kappa shape index (κ1) is 16.9. The van der Waals surface area contributed by atoms with Crippen LogP contribution in [-0.2, 0) is 12.1 Å². The first-order chi connectivity index (χ1) is 10.9. The lowest BCUT2D eigenvalue weighted by Crippen LogP contribution is -2.35. The van der Waals surface area contributed by atoms with Gasteiger partial charge in [-0.05, 0) is 24.1 Å². The lowest BCUT2D eigenvalue weighted by atomic mass is 9.96. The molecule has 0 aliphatic rings. The SMILES string of the molecule is COc1ccc(CNCC(C)(O)c2ccccc2)cc1[N+](=O)[O-]. The van der Waals surface area contributed by atoms with Gasteiger partial charge in [-0.15, -0.1) is 0 Å². The minimum absolute atomic E-state index is 0.0679. The first-order valence-electron chi connectivity index (χ1n) is 7.24. The molecule has 0 heterocycles. The lowest BCUT2D eigenvalue weighted by molar-refractivity contribution is -0.385. The van der Waals surface area contributed by atoms with Gasteiger partial charge < -0.3 is 15.2 Å². The molecule has 0 amide bonds. The van der Waals surface area contributed by atoms with Gasteiger partial charge in [-0.2, -0.15) is 0 Å². The summed E-state index contributed by atoms with van der Waals surface area (Å²) >= 11 is 0. The summed E-state index contributed by atoms with van der Waals surface area (Å²) in [4.78, 5) is 10.5. The zero-order valence-electron chi connectivity index (χ0n) is 13.2. The molecule has 2 aromatic rings. The number of aliphatic hydroxyl groups is 1. The summed E-state index contributed by atoms with van der Waals surface area (Å²) in [6, 6.07) is 14.2. The van der Waals surface area contributed by atoms with Gasteiger partial charge in [-0.25, -0.2) is 0 Å². The van der Waals surface area contributed by atoms with Crippen LogP contribution in [0.5, 0.6) is 5.75 Å². The fraction of sp³-hybridized carbons (Fsp3) is 0.294. The summed E-state index contributed by atoms with van der Waals surface area (Å²) in [6.45, 7) is 2.47. The molecular weight excluding hydrogens is 296 g/mol. The molecular formula is C17H20N2O4. The number of benzene rings is 2. The molecule has 0 aromatic heterocycles. The van der Waals surface area contributed by atoms with E-state index in [4.69, 9.17) is 4.74 Å². The molecule has 0 saturated carbocycles. The fourth-order valence-corrected chi connectivity index (χ4v) is 2.34. The van der Waals surface area contributed by atoms with Gasteiger partial charge in [-0.3, -0.25) is 10.1 Å². The second-order valence-corrected chi connectivity index (χ2v) is 5.51. The number of rotatable bonds is 7. The van der Waals surface area contributed by atoms with Gasteiger partial charge in [0.25, 0.3) is 0 Å². The average Bonchev–Trinajstić information content (AvgIpc) is 2.55. The zero-order chi connectivity index (χ0) is 16.9. The van der Waals surface area contributed by atoms with E-state index < -0.39 is 10.5 Å². The van der Waals surface area contributed by atoms with Gasteiger partial charge in [-0.1, -0.05) is 36.4 Å². The van der Waals surface area contributed by atoms with Crippen molar-refractivity contribution >= 4 is 5.69 Å². The number of ether oxygens (including phenoxy) is 1. The van der Waals surface area contributed by atoms with E-state index in [9.17, 15) is 15.2 Å². The Morgan fingerprint density at radius 1 is 1.26 bits per heavy atom. The van der Waals surface area contributed by atoms with E-state index >= 15 is 0 Å². The van der Waals surface area contributed by atoms with Crippen LogP contribution in [0.4, 0.5) is 5.69 Å². The van der Waals surface area contributed by atoms with Crippen LogP contribution in [0.2, 0.25) is 0 Å². The summed E-state index contributed by atoms with van der Waals surface area (Å²) in [6.07, 6.45) is 0. The minimum Gasteiger partial charge on any atom is -0.490 e. The Morgan fingerprint density at radius 2 is 1.96 bits per heavy atom. The molecule has 122 valence electrons. The Bertz CT molecular complexity index is 672. The number of methoxy groups -OCH3 is 1. The molecule has 2 N–H and O–H groups in total. The quantitative estimate of drug-likeness (QED) is 0.606. The molecule has 2 aromatic carbocycles. The van der Waals surface area contributed by atoms with Crippen molar-refractivity contribution in [3.8, 4) is 5.75 Å². The van der Waals surface area contributed by atoms with Crippen molar-refractivity contribution in [2.45, 2.75) is 19.1 Å². The van der Waals surface area contributed by atoms with Crippen LogP contribution in [0.15, 0.2) is 48.5 Å². The topological polar surface area (TPSA) is 84.6 Å². The van der Waals surface area contributed by atoms with Crippen LogP contribution < -0.4 is 10.1 Å². The monoisotopic (exact) mass is 316 g/mol. The van der Waals surface area contributed by atoms with E-state index in [2.05, 4.69) is 5.32 Å². The third kappa shape index (κ3) is 4.28. The second kappa shape index (κ2) is 7.21. The maximum absolute atomic E-state index is 11.0. The van der Waals surface area contributed by atoms with E-state index in [1.54, 1.807) is 19.1 Å². The van der Waals surface area contributed by atoms with Gasteiger partial charge in [0.2, 0.25) is 0 Å². The Hall–Kier alpha value is -2.44. The Balaban J connectivity index is 2.01. The van der Waals surface area contributed by atoms with Crippen LogP contribution >= 0.6 is 0 Å². The normalized spacial score (nSPS) is 13.3. The van der Waals surface area contributed by atoms with Crippen LogP contribution in [0.3, 0.4) is 0 Å². The van der Waals surface area contributed by atoms with E-state index in [0.717, 1.165) is 11.1 Å². The molecule has 23 heavy (non-hydrogen) atoms. The molecule has 6 nitrogen and oxygen atoms in total. The van der Waals surface area contributed by atoms with Crippen LogP contribution in [0, 0.1) is 10.1 Å². The molecule has 0 saturated heterocycles. The van der Waals surface area contributed by atoms with Gasteiger partial charge in [0, 0.05) is 19.2 Å². The summed E-state index contributed by atoms with van der Waals surface area (Å²) in [5.41, 5.74) is 0.482. The standard InChI is InChI=1S/C17H20N2O4/c1-17(20,14-6-4-3-5-7-14)12-18-11-13-8-9-16(23-2)15(10-13)19(21)22/h3-10,18,20H,11-12H2,1-2H3. The molecule has 0 aliphatic carbocycles. The zero-order valence-corrected chi connectivity index (χ0v) is 13.2. The minimum atomic E-state index is -1.01. The number of hydrogen-bond donors (Lipinski definition) is 2. The molecule has 0 fully saturated rings. The third-order valence-electron chi connectivity index (χ3n) is 3.63. The lowest BCUT2D eigenvalue weighted by Gasteiger charge is -2.24. The summed E-state index contributed by atoms with van der Waals surface area (Å²) in [5, 5.41) is 24.6. The fourth-order valence-electron chi connectivity index (χ4n) is 2.34. The van der Waals surface area contributed by atoms with Crippen LogP contribution in [0.1, 0.15) is 18.1 Å². The predicted octanol–water partition coefficient (Wildman–Crippen LogP) is 2.60.